The molecular weight excluding hydrogens is 177 g/mol. The van der Waals surface area contributed by atoms with Gasteiger partial charge >= 0.3 is 0 Å². The van der Waals surface area contributed by atoms with Gasteiger partial charge in [-0.3, -0.25) is 0 Å². The number of rotatable bonds is 2. The van der Waals surface area contributed by atoms with Gasteiger partial charge in [0.1, 0.15) is 0 Å². The quantitative estimate of drug-likeness (QED) is 0.294. The summed E-state index contributed by atoms with van der Waals surface area (Å²) >= 11 is 4.17. The molecule has 0 aliphatic carbocycles. The van der Waals surface area contributed by atoms with E-state index in [9.17, 15) is 0 Å². The molecule has 0 aliphatic rings. The highest BCUT2D eigenvalue weighted by atomic mass is 32.5. The SMILES string of the molecule is NC(CP(O)(O)=S)=C(O)O. The normalized spacial score (nSPS) is 11.0. The zero-order chi connectivity index (χ0) is 8.36. The van der Waals surface area contributed by atoms with Gasteiger partial charge in [-0.25, -0.2) is 0 Å². The molecule has 10 heavy (non-hydrogen) atoms. The number of allylic oxidation sites excluding steroid dienone is 1. The van der Waals surface area contributed by atoms with Crippen LogP contribution in [0.25, 0.3) is 0 Å². The molecule has 0 radical (unpaired) electrons. The average Bonchev–Trinajstić information content (AvgIpc) is 1.60. The van der Waals surface area contributed by atoms with Gasteiger partial charge in [-0.1, -0.05) is 0 Å². The molecule has 6 N–H and O–H groups in total. The van der Waals surface area contributed by atoms with Gasteiger partial charge in [-0.05, 0) is 11.8 Å². The molecular formula is C3H8NO4PS. The second-order valence-corrected chi connectivity index (χ2v) is 5.07. The highest BCUT2D eigenvalue weighted by Gasteiger charge is 2.11. The molecule has 0 spiro atoms. The minimum absolute atomic E-state index is 0.409. The molecule has 0 bridgehead atoms. The van der Waals surface area contributed by atoms with Crippen molar-refractivity contribution in [3.63, 3.8) is 0 Å². The number of aliphatic hydroxyl groups excluding tert-OH is 1. The molecule has 0 amide bonds. The lowest BCUT2D eigenvalue weighted by Crippen LogP contribution is -2.07. The van der Waals surface area contributed by atoms with Gasteiger partial charge in [0, 0.05) is 0 Å². The molecule has 0 aromatic heterocycles. The summed E-state index contributed by atoms with van der Waals surface area (Å²) in [5.74, 6) is -1.11. The molecule has 0 fully saturated rings. The molecule has 0 aromatic carbocycles. The van der Waals surface area contributed by atoms with E-state index in [1.54, 1.807) is 0 Å². The average molecular weight is 185 g/mol. The van der Waals surface area contributed by atoms with Gasteiger partial charge in [0.15, 0.2) is 6.49 Å². The smallest absolute Gasteiger partial charge is 0.294 e. The molecule has 0 atom stereocenters. The van der Waals surface area contributed by atoms with Gasteiger partial charge in [-0.2, -0.15) is 0 Å². The Kier molecular flexibility index (Phi) is 3.11. The van der Waals surface area contributed by atoms with Gasteiger partial charge in [0.05, 0.1) is 11.9 Å². The van der Waals surface area contributed by atoms with Crippen LogP contribution in [-0.2, 0) is 11.8 Å². The topological polar surface area (TPSA) is 107 Å². The maximum absolute atomic E-state index is 8.58. The van der Waals surface area contributed by atoms with Crippen molar-refractivity contribution < 1.29 is 20.0 Å². The van der Waals surface area contributed by atoms with E-state index in [1.165, 1.54) is 0 Å². The molecule has 7 heteroatoms. The monoisotopic (exact) mass is 185 g/mol. The molecule has 0 rings (SSSR count). The number of hydrogen-bond donors (Lipinski definition) is 5. The van der Waals surface area contributed by atoms with Crippen LogP contribution in [0.1, 0.15) is 0 Å². The summed E-state index contributed by atoms with van der Waals surface area (Å²) in [4.78, 5) is 17.2. The van der Waals surface area contributed by atoms with Crippen LogP contribution in [-0.4, -0.2) is 26.2 Å². The van der Waals surface area contributed by atoms with Crippen molar-refractivity contribution in [2.24, 2.45) is 5.73 Å². The second kappa shape index (κ2) is 3.21. The Balaban J connectivity index is 4.20. The Bertz CT molecular complexity index is 193. The third-order valence-electron chi connectivity index (χ3n) is 0.664. The molecule has 0 heterocycles. The minimum atomic E-state index is -3.45. The highest BCUT2D eigenvalue weighted by molar-refractivity contribution is 8.09. The van der Waals surface area contributed by atoms with Gasteiger partial charge in [0.2, 0.25) is 0 Å². The van der Waals surface area contributed by atoms with Crippen molar-refractivity contribution in [1.82, 2.24) is 0 Å². The van der Waals surface area contributed by atoms with Crippen molar-refractivity contribution in [2.75, 3.05) is 6.16 Å². The summed E-state index contributed by atoms with van der Waals surface area (Å²) in [6.07, 6.45) is -0.468. The summed E-state index contributed by atoms with van der Waals surface area (Å²) in [6.45, 7) is -3.45. The first-order valence-electron chi connectivity index (χ1n) is 2.24. The lowest BCUT2D eigenvalue weighted by molar-refractivity contribution is 0.184. The predicted octanol–water partition coefficient (Wildman–Crippen LogP) is -0.476. The van der Waals surface area contributed by atoms with Crippen LogP contribution in [0.5, 0.6) is 0 Å². The van der Waals surface area contributed by atoms with E-state index >= 15 is 0 Å². The summed E-state index contributed by atoms with van der Waals surface area (Å²) in [6, 6.07) is 0. The highest BCUT2D eigenvalue weighted by Crippen LogP contribution is 2.36. The first kappa shape index (κ1) is 9.71. The molecule has 0 saturated carbocycles. The van der Waals surface area contributed by atoms with Crippen LogP contribution in [0.4, 0.5) is 0 Å². The third kappa shape index (κ3) is 4.58. The first-order chi connectivity index (χ1) is 4.33. The Morgan fingerprint density at radius 2 is 1.80 bits per heavy atom. The zero-order valence-electron chi connectivity index (χ0n) is 4.93. The van der Waals surface area contributed by atoms with E-state index in [4.69, 9.17) is 25.7 Å². The summed E-state index contributed by atoms with van der Waals surface area (Å²) in [7, 11) is 0. The van der Waals surface area contributed by atoms with Crippen LogP contribution in [0.2, 0.25) is 0 Å². The number of aliphatic hydroxyl groups is 2. The number of hydrogen-bond acceptors (Lipinski definition) is 4. The zero-order valence-corrected chi connectivity index (χ0v) is 6.64. The van der Waals surface area contributed by atoms with Crippen LogP contribution in [0, 0.1) is 0 Å². The largest absolute Gasteiger partial charge is 0.480 e. The van der Waals surface area contributed by atoms with Crippen LogP contribution in [0.3, 0.4) is 0 Å². The van der Waals surface area contributed by atoms with Gasteiger partial charge in [-0.15, -0.1) is 0 Å². The van der Waals surface area contributed by atoms with E-state index in [-0.39, 0.29) is 0 Å². The molecule has 0 unspecified atom stereocenters. The molecule has 0 saturated heterocycles. The van der Waals surface area contributed by atoms with Crippen molar-refractivity contribution >= 4 is 18.3 Å². The van der Waals surface area contributed by atoms with E-state index in [0.29, 0.717) is 0 Å². The van der Waals surface area contributed by atoms with Gasteiger partial charge in [0.25, 0.3) is 5.95 Å². The maximum Gasteiger partial charge on any atom is 0.294 e. The van der Waals surface area contributed by atoms with E-state index < -0.39 is 24.3 Å². The van der Waals surface area contributed by atoms with Crippen molar-refractivity contribution in [3.8, 4) is 0 Å². The van der Waals surface area contributed by atoms with Crippen molar-refractivity contribution in [2.45, 2.75) is 0 Å². The summed E-state index contributed by atoms with van der Waals surface area (Å²) < 4.78 is 0. The minimum Gasteiger partial charge on any atom is -0.480 e. The second-order valence-electron chi connectivity index (χ2n) is 1.67. The molecule has 5 nitrogen and oxygen atoms in total. The predicted molar refractivity (Wildman–Crippen MR) is 40.1 cm³/mol. The lowest BCUT2D eigenvalue weighted by atomic mass is 10.6. The molecule has 60 valence electrons. The Morgan fingerprint density at radius 1 is 1.40 bits per heavy atom. The Hall–Kier alpha value is -0.290. The number of nitrogens with two attached hydrogens (primary N) is 1. The van der Waals surface area contributed by atoms with Crippen molar-refractivity contribution in [3.05, 3.63) is 11.6 Å². The Morgan fingerprint density at radius 3 is 1.90 bits per heavy atom. The standard InChI is InChI=1S/C3H8NO4PS/c4-2(3(5)6)1-9(7,8)10/h5-6H,1,4H2,(H2,7,8,10). The van der Waals surface area contributed by atoms with Crippen molar-refractivity contribution in [1.29, 1.82) is 0 Å². The van der Waals surface area contributed by atoms with Gasteiger partial charge < -0.3 is 25.7 Å². The van der Waals surface area contributed by atoms with Crippen LogP contribution in [0.15, 0.2) is 11.6 Å². The summed E-state index contributed by atoms with van der Waals surface area (Å²) in [5.41, 5.74) is 4.51. The van der Waals surface area contributed by atoms with Crippen LogP contribution >= 0.6 is 6.49 Å². The van der Waals surface area contributed by atoms with E-state index in [2.05, 4.69) is 11.8 Å². The third-order valence-corrected chi connectivity index (χ3v) is 1.80. The fourth-order valence-corrected chi connectivity index (χ4v) is 1.30. The molecule has 0 aliphatic heterocycles. The molecule has 0 aromatic rings. The lowest BCUT2D eigenvalue weighted by Gasteiger charge is -2.05. The van der Waals surface area contributed by atoms with Crippen LogP contribution < -0.4 is 5.73 Å². The maximum atomic E-state index is 8.58. The Labute approximate surface area is 62.6 Å². The fourth-order valence-electron chi connectivity index (χ4n) is 0.293. The fraction of sp³-hybridized carbons (Fsp3) is 0.333. The van der Waals surface area contributed by atoms with E-state index in [0.717, 1.165) is 0 Å². The first-order valence-corrected chi connectivity index (χ1v) is 5.13. The summed E-state index contributed by atoms with van der Waals surface area (Å²) in [5, 5.41) is 16.5. The van der Waals surface area contributed by atoms with E-state index in [1.807, 2.05) is 0 Å².